The van der Waals surface area contributed by atoms with Crippen LogP contribution in [0.2, 0.25) is 5.02 Å². The maximum atomic E-state index is 13.8. The van der Waals surface area contributed by atoms with Crippen LogP contribution in [0.25, 0.3) is 15.9 Å². The van der Waals surface area contributed by atoms with Gasteiger partial charge in [0, 0.05) is 15.7 Å². The van der Waals surface area contributed by atoms with E-state index in [0.29, 0.717) is 27.4 Å². The van der Waals surface area contributed by atoms with Gasteiger partial charge in [0.25, 0.3) is 5.56 Å². The Balaban J connectivity index is 1.66. The summed E-state index contributed by atoms with van der Waals surface area (Å²) < 4.78 is 1.70. The summed E-state index contributed by atoms with van der Waals surface area (Å²) in [6.45, 7) is 2.26. The highest BCUT2D eigenvalue weighted by Gasteiger charge is 2.25. The molecule has 0 N–H and O–H groups in total. The number of aromatic nitrogens is 2. The molecule has 1 aliphatic rings. The van der Waals surface area contributed by atoms with Crippen LogP contribution in [-0.4, -0.2) is 9.55 Å². The van der Waals surface area contributed by atoms with E-state index in [1.807, 2.05) is 36.4 Å². The van der Waals surface area contributed by atoms with Crippen LogP contribution in [-0.2, 0) is 18.6 Å². The third kappa shape index (κ3) is 3.86. The number of fused-ring (bicyclic) bond motifs is 3. The minimum atomic E-state index is -0.0274. The Hall–Kier alpha value is -2.59. The van der Waals surface area contributed by atoms with Crippen molar-refractivity contribution in [3.8, 4) is 11.8 Å². The summed E-state index contributed by atoms with van der Waals surface area (Å²) in [5, 5.41) is 11.4. The van der Waals surface area contributed by atoms with E-state index in [9.17, 15) is 10.1 Å². The third-order valence-electron chi connectivity index (χ3n) is 5.88. The fraction of sp³-hybridized carbons (Fsp3) is 0.240. The molecule has 2 aromatic carbocycles. The Labute approximate surface area is 199 Å². The van der Waals surface area contributed by atoms with Gasteiger partial charge in [-0.25, -0.2) is 4.98 Å². The first-order valence-corrected chi connectivity index (χ1v) is 12.7. The molecular formula is C25H20ClN3OS2. The zero-order valence-electron chi connectivity index (χ0n) is 17.5. The molecule has 4 aromatic rings. The second kappa shape index (κ2) is 8.74. The van der Waals surface area contributed by atoms with Gasteiger partial charge in [0.15, 0.2) is 5.16 Å². The highest BCUT2D eigenvalue weighted by atomic mass is 35.5. The lowest BCUT2D eigenvalue weighted by atomic mass is 9.89. The molecule has 2 aromatic heterocycles. The summed E-state index contributed by atoms with van der Waals surface area (Å²) in [6.07, 6.45) is 3.03. The van der Waals surface area contributed by atoms with Crippen molar-refractivity contribution in [3.63, 3.8) is 0 Å². The number of hydrogen-bond donors (Lipinski definition) is 0. The molecule has 1 aliphatic carbocycles. The Bertz CT molecular complexity index is 1420. The Morgan fingerprint density at radius 3 is 2.81 bits per heavy atom. The van der Waals surface area contributed by atoms with Gasteiger partial charge in [-0.2, -0.15) is 5.26 Å². The van der Waals surface area contributed by atoms with E-state index in [2.05, 4.69) is 13.0 Å². The predicted molar refractivity (Wildman–Crippen MR) is 132 cm³/mol. The van der Waals surface area contributed by atoms with Gasteiger partial charge in [0.1, 0.15) is 4.83 Å². The zero-order valence-corrected chi connectivity index (χ0v) is 19.9. The number of aryl methyl sites for hydroxylation is 1. The van der Waals surface area contributed by atoms with E-state index in [0.717, 1.165) is 40.7 Å². The lowest BCUT2D eigenvalue weighted by Crippen LogP contribution is -2.22. The lowest BCUT2D eigenvalue weighted by Gasteiger charge is -2.18. The zero-order chi connectivity index (χ0) is 22.2. The van der Waals surface area contributed by atoms with Crippen LogP contribution in [0.3, 0.4) is 0 Å². The molecule has 0 aliphatic heterocycles. The highest BCUT2D eigenvalue weighted by Crippen LogP contribution is 2.37. The minimum absolute atomic E-state index is 0.0274. The van der Waals surface area contributed by atoms with Gasteiger partial charge in [0.2, 0.25) is 0 Å². The molecule has 0 saturated carbocycles. The SMILES string of the molecule is CC1CCc2c(sc3nc(SCc4ccccc4C#N)n(-c4ccc(Cl)cc4)c(=O)c23)C1. The number of thiophene rings is 1. The number of thioether (sulfide) groups is 1. The normalized spacial score (nSPS) is 15.5. The maximum Gasteiger partial charge on any atom is 0.267 e. The average Bonchev–Trinajstić information content (AvgIpc) is 3.16. The van der Waals surface area contributed by atoms with Gasteiger partial charge >= 0.3 is 0 Å². The van der Waals surface area contributed by atoms with Crippen molar-refractivity contribution in [1.29, 1.82) is 5.26 Å². The monoisotopic (exact) mass is 477 g/mol. The molecule has 0 amide bonds. The van der Waals surface area contributed by atoms with Crippen molar-refractivity contribution in [1.82, 2.24) is 9.55 Å². The molecular weight excluding hydrogens is 458 g/mol. The quantitative estimate of drug-likeness (QED) is 0.252. The van der Waals surface area contributed by atoms with Crippen molar-refractivity contribution in [2.45, 2.75) is 37.1 Å². The van der Waals surface area contributed by atoms with Crippen molar-refractivity contribution < 1.29 is 0 Å². The third-order valence-corrected chi connectivity index (χ3v) is 8.27. The van der Waals surface area contributed by atoms with Gasteiger partial charge in [-0.1, -0.05) is 48.5 Å². The van der Waals surface area contributed by atoms with Crippen LogP contribution in [0.1, 0.15) is 34.9 Å². The van der Waals surface area contributed by atoms with E-state index in [-0.39, 0.29) is 5.56 Å². The summed E-state index contributed by atoms with van der Waals surface area (Å²) in [5.74, 6) is 1.18. The summed E-state index contributed by atoms with van der Waals surface area (Å²) in [6, 6.07) is 17.1. The van der Waals surface area contributed by atoms with Crippen molar-refractivity contribution in [2.24, 2.45) is 5.92 Å². The van der Waals surface area contributed by atoms with Crippen LogP contribution in [0.15, 0.2) is 58.5 Å². The fourth-order valence-corrected chi connectivity index (χ4v) is 6.75. The van der Waals surface area contributed by atoms with E-state index in [1.165, 1.54) is 22.2 Å². The Morgan fingerprint density at radius 1 is 1.25 bits per heavy atom. The second-order valence-corrected chi connectivity index (χ2v) is 10.6. The lowest BCUT2D eigenvalue weighted by molar-refractivity contribution is 0.509. The van der Waals surface area contributed by atoms with Crippen LogP contribution in [0.5, 0.6) is 0 Å². The van der Waals surface area contributed by atoms with Crippen molar-refractivity contribution in [2.75, 3.05) is 0 Å². The van der Waals surface area contributed by atoms with Crippen LogP contribution in [0, 0.1) is 17.2 Å². The number of hydrogen-bond acceptors (Lipinski definition) is 5. The molecule has 7 heteroatoms. The van der Waals surface area contributed by atoms with Gasteiger partial charge in [-0.05, 0) is 66.6 Å². The Morgan fingerprint density at radius 2 is 2.03 bits per heavy atom. The van der Waals surface area contributed by atoms with Gasteiger partial charge < -0.3 is 0 Å². The van der Waals surface area contributed by atoms with E-state index in [1.54, 1.807) is 28.0 Å². The van der Waals surface area contributed by atoms with Crippen LogP contribution >= 0.6 is 34.7 Å². The summed E-state index contributed by atoms with van der Waals surface area (Å²) >= 11 is 9.24. The maximum absolute atomic E-state index is 13.8. The van der Waals surface area contributed by atoms with Crippen molar-refractivity contribution >= 4 is 44.9 Å². The van der Waals surface area contributed by atoms with Crippen LogP contribution < -0.4 is 5.56 Å². The predicted octanol–water partition coefficient (Wildman–Crippen LogP) is 6.39. The van der Waals surface area contributed by atoms with E-state index in [4.69, 9.17) is 16.6 Å². The first-order valence-electron chi connectivity index (χ1n) is 10.5. The highest BCUT2D eigenvalue weighted by molar-refractivity contribution is 7.98. The molecule has 5 rings (SSSR count). The smallest absolute Gasteiger partial charge is 0.267 e. The standard InChI is InChI=1S/C25H20ClN3OS2/c1-15-6-11-20-21(12-15)32-23-22(20)24(30)29(19-9-7-18(26)8-10-19)25(28-23)31-14-17-5-3-2-4-16(17)13-27/h2-5,7-10,15H,6,11-12,14H2,1H3. The molecule has 4 nitrogen and oxygen atoms in total. The Kier molecular flexibility index (Phi) is 5.81. The number of nitrogens with zero attached hydrogens (tertiary/aromatic N) is 3. The summed E-state index contributed by atoms with van der Waals surface area (Å²) in [4.78, 5) is 20.9. The fourth-order valence-electron chi connectivity index (χ4n) is 4.18. The van der Waals surface area contributed by atoms with Crippen molar-refractivity contribution in [3.05, 3.63) is 85.5 Å². The molecule has 160 valence electrons. The first kappa shape index (κ1) is 21.3. The minimum Gasteiger partial charge on any atom is -0.268 e. The number of halogens is 1. The molecule has 2 heterocycles. The summed E-state index contributed by atoms with van der Waals surface area (Å²) in [7, 11) is 0. The van der Waals surface area contributed by atoms with Gasteiger partial charge in [0.05, 0.1) is 22.7 Å². The topological polar surface area (TPSA) is 58.7 Å². The molecule has 1 atom stereocenters. The van der Waals surface area contributed by atoms with E-state index < -0.39 is 0 Å². The molecule has 1 unspecified atom stereocenters. The van der Waals surface area contributed by atoms with Gasteiger partial charge in [-0.3, -0.25) is 9.36 Å². The first-order chi connectivity index (χ1) is 15.5. The summed E-state index contributed by atoms with van der Waals surface area (Å²) in [5.41, 5.74) is 3.46. The molecule has 0 fully saturated rings. The molecule has 0 bridgehead atoms. The number of rotatable bonds is 4. The molecule has 0 saturated heterocycles. The average molecular weight is 478 g/mol. The largest absolute Gasteiger partial charge is 0.268 e. The molecule has 0 radical (unpaired) electrons. The van der Waals surface area contributed by atoms with E-state index >= 15 is 0 Å². The second-order valence-electron chi connectivity index (χ2n) is 8.10. The number of nitriles is 1. The number of benzene rings is 2. The molecule has 32 heavy (non-hydrogen) atoms. The van der Waals surface area contributed by atoms with Gasteiger partial charge in [-0.15, -0.1) is 11.3 Å². The van der Waals surface area contributed by atoms with Crippen LogP contribution in [0.4, 0.5) is 0 Å². The molecule has 0 spiro atoms.